The molecule has 1 aromatic heterocycles. The van der Waals surface area contributed by atoms with Gasteiger partial charge in [0.15, 0.2) is 0 Å². The van der Waals surface area contributed by atoms with Crippen LogP contribution in [0.4, 0.5) is 0 Å². The molecular weight excluding hydrogens is 132 g/mol. The van der Waals surface area contributed by atoms with Gasteiger partial charge in [-0.3, -0.25) is 4.79 Å². The van der Waals surface area contributed by atoms with Crippen LogP contribution in [0.5, 0.6) is 0 Å². The van der Waals surface area contributed by atoms with E-state index in [9.17, 15) is 4.79 Å². The van der Waals surface area contributed by atoms with E-state index >= 15 is 0 Å². The molecule has 0 bridgehead atoms. The minimum absolute atomic E-state index is 0.282. The molecule has 0 saturated carbocycles. The molecule has 0 N–H and O–H groups in total. The van der Waals surface area contributed by atoms with Crippen molar-refractivity contribution in [1.29, 1.82) is 0 Å². The number of hydrogen-bond acceptors (Lipinski definition) is 2. The smallest absolute Gasteiger partial charge is 0.296 e. The highest BCUT2D eigenvalue weighted by Gasteiger charge is 1.96. The van der Waals surface area contributed by atoms with Crippen LogP contribution in [0.25, 0.3) is 0 Å². The van der Waals surface area contributed by atoms with Crippen LogP contribution in [-0.4, -0.2) is 11.0 Å². The summed E-state index contributed by atoms with van der Waals surface area (Å²) in [6.45, 7) is 0.713. The number of imidazole rings is 1. The number of carbonyl (C=O) groups is 1. The number of carbonyl (C=O) groups excluding carboxylic acids is 1. The van der Waals surface area contributed by atoms with Crippen LogP contribution < -0.4 is 4.57 Å². The molecule has 4 heteroatoms. The average molecular weight is 141 g/mol. The van der Waals surface area contributed by atoms with Gasteiger partial charge in [0.05, 0.1) is 7.05 Å². The van der Waals surface area contributed by atoms with Crippen LogP contribution in [0.1, 0.15) is 0 Å². The topological polar surface area (TPSA) is 35.1 Å². The van der Waals surface area contributed by atoms with Crippen molar-refractivity contribution in [3.05, 3.63) is 18.7 Å². The Morgan fingerprint density at radius 3 is 3.10 bits per heavy atom. The summed E-state index contributed by atoms with van der Waals surface area (Å²) in [7, 11) is 1.90. The van der Waals surface area contributed by atoms with Gasteiger partial charge in [0, 0.05) is 0 Å². The SMILES string of the molecule is C[n+]1ccn(COC=O)c1. The maximum absolute atomic E-state index is 9.74. The Bertz CT molecular complexity index is 219. The Hall–Kier alpha value is -1.32. The Balaban J connectivity index is 2.49. The van der Waals surface area contributed by atoms with Crippen LogP contribution in [0, 0.1) is 0 Å². The molecule has 0 aliphatic rings. The van der Waals surface area contributed by atoms with E-state index in [1.54, 1.807) is 4.57 Å². The van der Waals surface area contributed by atoms with Gasteiger partial charge in [-0.25, -0.2) is 9.13 Å². The molecule has 0 spiro atoms. The lowest BCUT2D eigenvalue weighted by atomic mass is 10.9. The molecule has 0 amide bonds. The molecule has 4 nitrogen and oxygen atoms in total. The summed E-state index contributed by atoms with van der Waals surface area (Å²) in [5, 5.41) is 0. The first kappa shape index (κ1) is 6.80. The number of hydrogen-bond donors (Lipinski definition) is 0. The van der Waals surface area contributed by atoms with Crippen LogP contribution in [-0.2, 0) is 23.3 Å². The second kappa shape index (κ2) is 3.00. The van der Waals surface area contributed by atoms with Crippen LogP contribution in [0.3, 0.4) is 0 Å². The van der Waals surface area contributed by atoms with E-state index in [-0.39, 0.29) is 6.73 Å². The summed E-state index contributed by atoms with van der Waals surface area (Å²) < 4.78 is 8.13. The van der Waals surface area contributed by atoms with Crippen molar-refractivity contribution in [3.8, 4) is 0 Å². The fourth-order valence-electron chi connectivity index (χ4n) is 0.695. The largest absolute Gasteiger partial charge is 0.427 e. The van der Waals surface area contributed by atoms with Gasteiger partial charge in [0.1, 0.15) is 12.4 Å². The molecule has 1 rings (SSSR count). The Labute approximate surface area is 58.7 Å². The average Bonchev–Trinajstić information content (AvgIpc) is 2.31. The number of nitrogens with zero attached hydrogens (tertiary/aromatic N) is 2. The quantitative estimate of drug-likeness (QED) is 0.418. The molecule has 0 fully saturated rings. The van der Waals surface area contributed by atoms with E-state index in [1.807, 2.05) is 30.3 Å². The molecule has 1 aromatic rings. The summed E-state index contributed by atoms with van der Waals surface area (Å²) in [4.78, 5) is 9.74. The standard InChI is InChI=1S/C6H9N2O2/c1-7-2-3-8(4-7)5-10-6-9/h2-4,6H,5H2,1H3/q+1. The zero-order valence-electron chi connectivity index (χ0n) is 5.73. The summed E-state index contributed by atoms with van der Waals surface area (Å²) in [6, 6.07) is 0. The highest BCUT2D eigenvalue weighted by Crippen LogP contribution is 1.82. The molecule has 0 aromatic carbocycles. The van der Waals surface area contributed by atoms with Crippen molar-refractivity contribution in [2.45, 2.75) is 6.73 Å². The zero-order chi connectivity index (χ0) is 7.40. The van der Waals surface area contributed by atoms with E-state index in [2.05, 4.69) is 4.74 Å². The van der Waals surface area contributed by atoms with Crippen molar-refractivity contribution in [2.75, 3.05) is 0 Å². The highest BCUT2D eigenvalue weighted by molar-refractivity contribution is 5.36. The fraction of sp³-hybridized carbons (Fsp3) is 0.333. The lowest BCUT2D eigenvalue weighted by molar-refractivity contribution is -0.671. The van der Waals surface area contributed by atoms with Crippen molar-refractivity contribution >= 4 is 6.47 Å². The van der Waals surface area contributed by atoms with Gasteiger partial charge in [0.2, 0.25) is 13.1 Å². The third kappa shape index (κ3) is 1.58. The maximum Gasteiger partial charge on any atom is 0.296 e. The van der Waals surface area contributed by atoms with E-state index in [0.29, 0.717) is 6.47 Å². The van der Waals surface area contributed by atoms with Gasteiger partial charge in [-0.15, -0.1) is 0 Å². The lowest BCUT2D eigenvalue weighted by Gasteiger charge is -1.90. The zero-order valence-corrected chi connectivity index (χ0v) is 5.73. The predicted octanol–water partition coefficient (Wildman–Crippen LogP) is -0.557. The van der Waals surface area contributed by atoms with Gasteiger partial charge < -0.3 is 4.74 Å². The third-order valence-corrected chi connectivity index (χ3v) is 1.12. The number of aryl methyl sites for hydroxylation is 1. The Kier molecular flexibility index (Phi) is 2.04. The maximum atomic E-state index is 9.74. The highest BCUT2D eigenvalue weighted by atomic mass is 16.5. The molecule has 0 aliphatic carbocycles. The molecule has 10 heavy (non-hydrogen) atoms. The Morgan fingerprint density at radius 2 is 2.60 bits per heavy atom. The van der Waals surface area contributed by atoms with Crippen molar-refractivity contribution in [1.82, 2.24) is 4.57 Å². The molecule has 0 radical (unpaired) electrons. The van der Waals surface area contributed by atoms with Crippen molar-refractivity contribution < 1.29 is 14.1 Å². The van der Waals surface area contributed by atoms with Crippen molar-refractivity contribution in [3.63, 3.8) is 0 Å². The summed E-state index contributed by atoms with van der Waals surface area (Å²) in [6.07, 6.45) is 5.52. The number of aromatic nitrogens is 2. The van der Waals surface area contributed by atoms with E-state index in [1.165, 1.54) is 0 Å². The Morgan fingerprint density at radius 1 is 1.80 bits per heavy atom. The van der Waals surface area contributed by atoms with E-state index in [4.69, 9.17) is 0 Å². The van der Waals surface area contributed by atoms with Crippen LogP contribution in [0.15, 0.2) is 18.7 Å². The molecule has 54 valence electrons. The van der Waals surface area contributed by atoms with Gasteiger partial charge in [-0.2, -0.15) is 0 Å². The molecule has 1 heterocycles. The molecular formula is C6H9N2O2+. The van der Waals surface area contributed by atoms with Gasteiger partial charge in [-0.05, 0) is 0 Å². The minimum atomic E-state index is 0.282. The lowest BCUT2D eigenvalue weighted by Crippen LogP contribution is -2.23. The van der Waals surface area contributed by atoms with Gasteiger partial charge >= 0.3 is 0 Å². The van der Waals surface area contributed by atoms with Crippen LogP contribution >= 0.6 is 0 Å². The van der Waals surface area contributed by atoms with Crippen molar-refractivity contribution in [2.24, 2.45) is 7.05 Å². The predicted molar refractivity (Wildman–Crippen MR) is 32.8 cm³/mol. The first-order chi connectivity index (χ1) is 4.83. The van der Waals surface area contributed by atoms with Gasteiger partial charge in [-0.1, -0.05) is 0 Å². The summed E-state index contributed by atoms with van der Waals surface area (Å²) in [5.74, 6) is 0. The molecule has 0 unspecified atom stereocenters. The first-order valence-electron chi connectivity index (χ1n) is 2.89. The number of rotatable bonds is 3. The fourth-order valence-corrected chi connectivity index (χ4v) is 0.695. The monoisotopic (exact) mass is 141 g/mol. The molecule has 0 atom stereocenters. The third-order valence-electron chi connectivity index (χ3n) is 1.12. The van der Waals surface area contributed by atoms with E-state index in [0.717, 1.165) is 0 Å². The molecule has 0 aliphatic heterocycles. The normalized spacial score (nSPS) is 9.30. The minimum Gasteiger partial charge on any atom is -0.427 e. The van der Waals surface area contributed by atoms with Gasteiger partial charge in [0.25, 0.3) is 6.47 Å². The number of ether oxygens (including phenoxy) is 1. The van der Waals surface area contributed by atoms with Crippen LogP contribution in [0.2, 0.25) is 0 Å². The second-order valence-electron chi connectivity index (χ2n) is 1.99. The van der Waals surface area contributed by atoms with E-state index < -0.39 is 0 Å². The second-order valence-corrected chi connectivity index (χ2v) is 1.99. The summed E-state index contributed by atoms with van der Waals surface area (Å²) >= 11 is 0. The molecule has 0 saturated heterocycles. The first-order valence-corrected chi connectivity index (χ1v) is 2.89. The summed E-state index contributed by atoms with van der Waals surface area (Å²) in [5.41, 5.74) is 0.